The first-order valence-electron chi connectivity index (χ1n) is 11.5. The number of ether oxygens (including phenoxy) is 2. The van der Waals surface area contributed by atoms with E-state index in [0.717, 1.165) is 36.2 Å². The third kappa shape index (κ3) is 6.46. The van der Waals surface area contributed by atoms with Gasteiger partial charge in [0.1, 0.15) is 5.69 Å². The maximum atomic E-state index is 10.6. The van der Waals surface area contributed by atoms with E-state index < -0.39 is 6.10 Å². The van der Waals surface area contributed by atoms with Crippen LogP contribution in [0.5, 0.6) is 17.4 Å². The van der Waals surface area contributed by atoms with E-state index in [1.807, 2.05) is 55.6 Å². The summed E-state index contributed by atoms with van der Waals surface area (Å²) in [7, 11) is 3.53. The first-order valence-corrected chi connectivity index (χ1v) is 11.5. The highest BCUT2D eigenvalue weighted by molar-refractivity contribution is 5.65. The molecule has 6 heteroatoms. The molecule has 2 aromatic carbocycles. The van der Waals surface area contributed by atoms with Crippen LogP contribution in [0.2, 0.25) is 0 Å². The summed E-state index contributed by atoms with van der Waals surface area (Å²) in [6.07, 6.45) is 3.92. The predicted molar refractivity (Wildman–Crippen MR) is 133 cm³/mol. The van der Waals surface area contributed by atoms with Crippen LogP contribution in [0.3, 0.4) is 0 Å². The Morgan fingerprint density at radius 2 is 1.82 bits per heavy atom. The molecular weight excluding hydrogens is 414 g/mol. The SMILES string of the molecule is C=CCC[C@@H](O)CN(CCC)Cc1c(-c2ccccc2)nn(C)c1Oc1ccccc1OC. The van der Waals surface area contributed by atoms with Crippen LogP contribution in [-0.2, 0) is 13.6 Å². The van der Waals surface area contributed by atoms with E-state index in [9.17, 15) is 5.11 Å². The molecule has 0 aliphatic heterocycles. The molecule has 0 unspecified atom stereocenters. The second kappa shape index (κ2) is 12.2. The van der Waals surface area contributed by atoms with Gasteiger partial charge in [-0.3, -0.25) is 4.90 Å². The number of hydrogen-bond donors (Lipinski definition) is 1. The quantitative estimate of drug-likeness (QED) is 0.353. The number of aliphatic hydroxyl groups is 1. The summed E-state index contributed by atoms with van der Waals surface area (Å²) in [6.45, 7) is 7.97. The van der Waals surface area contributed by atoms with Gasteiger partial charge in [-0.15, -0.1) is 6.58 Å². The Morgan fingerprint density at radius 1 is 1.12 bits per heavy atom. The zero-order valence-corrected chi connectivity index (χ0v) is 19.9. The van der Waals surface area contributed by atoms with Crippen LogP contribution < -0.4 is 9.47 Å². The molecule has 1 N–H and O–H groups in total. The highest BCUT2D eigenvalue weighted by Crippen LogP contribution is 2.37. The van der Waals surface area contributed by atoms with Crippen LogP contribution in [0.15, 0.2) is 67.3 Å². The Bertz CT molecular complexity index is 1020. The van der Waals surface area contributed by atoms with E-state index in [-0.39, 0.29) is 0 Å². The third-order valence-corrected chi connectivity index (χ3v) is 5.51. The standard InChI is InChI=1S/C27H35N3O3/c1-5-7-15-22(31)19-30(18-6-2)20-23-26(21-13-9-8-10-14-21)28-29(3)27(23)33-25-17-12-11-16-24(25)32-4/h5,8-14,16-17,22,31H,1,6-7,15,18-20H2,2-4H3/t22-/m1/s1. The maximum Gasteiger partial charge on any atom is 0.222 e. The van der Waals surface area contributed by atoms with Gasteiger partial charge in [0, 0.05) is 25.7 Å². The summed E-state index contributed by atoms with van der Waals surface area (Å²) in [5.74, 6) is 1.97. The van der Waals surface area contributed by atoms with Gasteiger partial charge in [-0.05, 0) is 37.9 Å². The van der Waals surface area contributed by atoms with E-state index in [0.29, 0.717) is 36.9 Å². The molecule has 1 heterocycles. The Morgan fingerprint density at radius 3 is 2.48 bits per heavy atom. The average Bonchev–Trinajstić information content (AvgIpc) is 3.13. The fourth-order valence-corrected chi connectivity index (χ4v) is 3.93. The molecule has 0 spiro atoms. The highest BCUT2D eigenvalue weighted by atomic mass is 16.5. The molecule has 0 aliphatic carbocycles. The second-order valence-electron chi connectivity index (χ2n) is 8.13. The number of hydrogen-bond acceptors (Lipinski definition) is 5. The van der Waals surface area contributed by atoms with Crippen LogP contribution >= 0.6 is 0 Å². The lowest BCUT2D eigenvalue weighted by atomic mass is 10.1. The van der Waals surface area contributed by atoms with E-state index in [2.05, 4.69) is 30.5 Å². The molecule has 0 bridgehead atoms. The largest absolute Gasteiger partial charge is 0.493 e. The molecule has 0 fully saturated rings. The second-order valence-corrected chi connectivity index (χ2v) is 8.13. The van der Waals surface area contributed by atoms with Crippen LogP contribution in [0.25, 0.3) is 11.3 Å². The first kappa shape index (κ1) is 24.6. The lowest BCUT2D eigenvalue weighted by Crippen LogP contribution is -2.33. The van der Waals surface area contributed by atoms with E-state index in [1.165, 1.54) is 0 Å². The van der Waals surface area contributed by atoms with Crippen molar-refractivity contribution >= 4 is 0 Å². The summed E-state index contributed by atoms with van der Waals surface area (Å²) in [5, 5.41) is 15.4. The number of nitrogens with zero attached hydrogens (tertiary/aromatic N) is 3. The number of benzene rings is 2. The number of allylic oxidation sites excluding steroid dienone is 1. The summed E-state index contributed by atoms with van der Waals surface area (Å²) in [4.78, 5) is 2.27. The normalized spacial score (nSPS) is 12.0. The molecule has 0 radical (unpaired) electrons. The summed E-state index contributed by atoms with van der Waals surface area (Å²) in [6, 6.07) is 17.7. The van der Waals surface area contributed by atoms with Crippen molar-refractivity contribution in [3.8, 4) is 28.6 Å². The van der Waals surface area contributed by atoms with E-state index >= 15 is 0 Å². The van der Waals surface area contributed by atoms with Crippen LogP contribution in [0, 0.1) is 0 Å². The molecule has 0 saturated heterocycles. The Hall–Kier alpha value is -3.09. The number of aliphatic hydroxyl groups excluding tert-OH is 1. The van der Waals surface area contributed by atoms with Crippen molar-refractivity contribution < 1.29 is 14.6 Å². The third-order valence-electron chi connectivity index (χ3n) is 5.51. The van der Waals surface area contributed by atoms with Gasteiger partial charge >= 0.3 is 0 Å². The van der Waals surface area contributed by atoms with E-state index in [4.69, 9.17) is 14.6 Å². The van der Waals surface area contributed by atoms with Gasteiger partial charge in [-0.2, -0.15) is 5.10 Å². The highest BCUT2D eigenvalue weighted by Gasteiger charge is 2.23. The summed E-state index contributed by atoms with van der Waals surface area (Å²) < 4.78 is 13.7. The molecule has 176 valence electrons. The molecule has 0 aliphatic rings. The maximum absolute atomic E-state index is 10.6. The van der Waals surface area contributed by atoms with Crippen LogP contribution in [0.1, 0.15) is 31.7 Å². The molecule has 1 atom stereocenters. The van der Waals surface area contributed by atoms with Gasteiger partial charge in [0.25, 0.3) is 0 Å². The van der Waals surface area contributed by atoms with Gasteiger partial charge in [0.15, 0.2) is 11.5 Å². The minimum absolute atomic E-state index is 0.412. The minimum atomic E-state index is -0.412. The number of para-hydroxylation sites is 2. The van der Waals surface area contributed by atoms with Crippen molar-refractivity contribution in [2.75, 3.05) is 20.2 Å². The lowest BCUT2D eigenvalue weighted by Gasteiger charge is -2.25. The molecule has 33 heavy (non-hydrogen) atoms. The fourth-order valence-electron chi connectivity index (χ4n) is 3.93. The monoisotopic (exact) mass is 449 g/mol. The fraction of sp³-hybridized carbons (Fsp3) is 0.370. The van der Waals surface area contributed by atoms with Crippen molar-refractivity contribution in [1.29, 1.82) is 0 Å². The molecule has 3 aromatic rings. The number of aryl methyl sites for hydroxylation is 1. The van der Waals surface area contributed by atoms with Crippen molar-refractivity contribution in [1.82, 2.24) is 14.7 Å². The first-order chi connectivity index (χ1) is 16.1. The van der Waals surface area contributed by atoms with Crippen molar-refractivity contribution in [2.45, 2.75) is 38.8 Å². The average molecular weight is 450 g/mol. The van der Waals surface area contributed by atoms with Crippen LogP contribution in [-0.4, -0.2) is 46.1 Å². The van der Waals surface area contributed by atoms with Crippen molar-refractivity contribution in [3.05, 3.63) is 72.8 Å². The zero-order chi connectivity index (χ0) is 23.6. The molecule has 3 rings (SSSR count). The van der Waals surface area contributed by atoms with Crippen LogP contribution in [0.4, 0.5) is 0 Å². The minimum Gasteiger partial charge on any atom is -0.493 e. The van der Waals surface area contributed by atoms with Crippen molar-refractivity contribution in [3.63, 3.8) is 0 Å². The lowest BCUT2D eigenvalue weighted by molar-refractivity contribution is 0.102. The number of aromatic nitrogens is 2. The molecule has 0 amide bonds. The van der Waals surface area contributed by atoms with Gasteiger partial charge < -0.3 is 14.6 Å². The van der Waals surface area contributed by atoms with Crippen molar-refractivity contribution in [2.24, 2.45) is 7.05 Å². The van der Waals surface area contributed by atoms with E-state index in [1.54, 1.807) is 11.8 Å². The molecule has 0 saturated carbocycles. The predicted octanol–water partition coefficient (Wildman–Crippen LogP) is 5.43. The molecule has 6 nitrogen and oxygen atoms in total. The molecule has 1 aromatic heterocycles. The van der Waals surface area contributed by atoms with Gasteiger partial charge in [-0.1, -0.05) is 55.5 Å². The summed E-state index contributed by atoms with van der Waals surface area (Å²) >= 11 is 0. The zero-order valence-electron chi connectivity index (χ0n) is 19.9. The van der Waals surface area contributed by atoms with Gasteiger partial charge in [0.2, 0.25) is 5.88 Å². The Kier molecular flexibility index (Phi) is 9.10. The Labute approximate surface area is 197 Å². The molecular formula is C27H35N3O3. The smallest absolute Gasteiger partial charge is 0.222 e. The summed E-state index contributed by atoms with van der Waals surface area (Å²) in [5.41, 5.74) is 2.89. The number of methoxy groups -OCH3 is 1. The topological polar surface area (TPSA) is 59.8 Å². The Balaban J connectivity index is 1.99. The van der Waals surface area contributed by atoms with Gasteiger partial charge in [-0.25, -0.2) is 4.68 Å². The number of rotatable bonds is 13. The van der Waals surface area contributed by atoms with Gasteiger partial charge in [0.05, 0.1) is 18.8 Å².